The van der Waals surface area contributed by atoms with Crippen LogP contribution in [0, 0.1) is 0 Å². The highest BCUT2D eigenvalue weighted by Gasteiger charge is 2.37. The molecule has 5 rings (SSSR count). The van der Waals surface area contributed by atoms with Crippen molar-refractivity contribution in [3.63, 3.8) is 0 Å². The van der Waals surface area contributed by atoms with E-state index >= 15 is 0 Å². The summed E-state index contributed by atoms with van der Waals surface area (Å²) in [5.41, 5.74) is 7.37. The third-order valence-corrected chi connectivity index (χ3v) is 7.65. The van der Waals surface area contributed by atoms with Crippen molar-refractivity contribution in [2.75, 3.05) is 27.4 Å². The second-order valence-electron chi connectivity index (χ2n) is 9.36. The molecule has 1 unspecified atom stereocenters. The number of esters is 1. The Morgan fingerprint density at radius 1 is 1.00 bits per heavy atom. The van der Waals surface area contributed by atoms with Crippen LogP contribution in [0.4, 0.5) is 0 Å². The van der Waals surface area contributed by atoms with Crippen LogP contribution >= 0.6 is 11.3 Å². The molecule has 0 spiro atoms. The van der Waals surface area contributed by atoms with Gasteiger partial charge in [-0.1, -0.05) is 53.8 Å². The molecule has 0 saturated heterocycles. The maximum absolute atomic E-state index is 14.1. The number of carbonyl (C=O) groups is 2. The van der Waals surface area contributed by atoms with E-state index in [9.17, 15) is 14.4 Å². The molecule has 1 atom stereocenters. The molecule has 1 amide bonds. The molecule has 0 bridgehead atoms. The highest BCUT2D eigenvalue weighted by molar-refractivity contribution is 7.07. The highest BCUT2D eigenvalue weighted by atomic mass is 32.1. The summed E-state index contributed by atoms with van der Waals surface area (Å²) in [5.74, 6) is 0.278. The van der Waals surface area contributed by atoms with Crippen LogP contribution in [-0.4, -0.2) is 43.9 Å². The molecule has 10 nitrogen and oxygen atoms in total. The summed E-state index contributed by atoms with van der Waals surface area (Å²) >= 11 is 1.20. The smallest absolute Gasteiger partial charge is 0.338 e. The SMILES string of the molecule is CCOC(=O)C1=C(c2ccccc2)N=c2sc(=Cc3ccc(OCC(N)=O)cc3)c(=O)n2C1c1cc(OC)ccc1OC. The third-order valence-electron chi connectivity index (χ3n) is 6.66. The van der Waals surface area contributed by atoms with Crippen LogP contribution in [-0.2, 0) is 14.3 Å². The van der Waals surface area contributed by atoms with Gasteiger partial charge in [-0.05, 0) is 48.9 Å². The van der Waals surface area contributed by atoms with Gasteiger partial charge in [0.15, 0.2) is 11.4 Å². The lowest BCUT2D eigenvalue weighted by Crippen LogP contribution is -2.40. The number of ether oxygens (including phenoxy) is 4. The summed E-state index contributed by atoms with van der Waals surface area (Å²) in [7, 11) is 3.07. The second kappa shape index (κ2) is 12.8. The van der Waals surface area contributed by atoms with Gasteiger partial charge in [0.05, 0.1) is 36.6 Å². The van der Waals surface area contributed by atoms with Gasteiger partial charge in [0.1, 0.15) is 23.3 Å². The van der Waals surface area contributed by atoms with Crippen LogP contribution < -0.4 is 34.8 Å². The van der Waals surface area contributed by atoms with Crippen molar-refractivity contribution in [3.8, 4) is 17.2 Å². The summed E-state index contributed by atoms with van der Waals surface area (Å²) in [5, 5.41) is 0. The van der Waals surface area contributed by atoms with E-state index in [0.717, 1.165) is 5.56 Å². The molecule has 0 saturated carbocycles. The maximum atomic E-state index is 14.1. The normalized spacial score (nSPS) is 14.5. The molecular weight excluding hydrogens is 570 g/mol. The Bertz CT molecular complexity index is 1880. The van der Waals surface area contributed by atoms with Crippen molar-refractivity contribution in [3.05, 3.63) is 115 Å². The van der Waals surface area contributed by atoms with Gasteiger partial charge in [-0.15, -0.1) is 0 Å². The number of hydrogen-bond acceptors (Lipinski definition) is 9. The Hall–Kier alpha value is -5.16. The van der Waals surface area contributed by atoms with Gasteiger partial charge in [0, 0.05) is 11.1 Å². The zero-order valence-corrected chi connectivity index (χ0v) is 24.6. The van der Waals surface area contributed by atoms with E-state index in [1.807, 2.05) is 30.3 Å². The topological polar surface area (TPSA) is 131 Å². The molecule has 0 radical (unpaired) electrons. The van der Waals surface area contributed by atoms with E-state index in [1.54, 1.807) is 62.6 Å². The van der Waals surface area contributed by atoms with Gasteiger partial charge in [-0.3, -0.25) is 14.2 Å². The van der Waals surface area contributed by atoms with Gasteiger partial charge in [-0.25, -0.2) is 9.79 Å². The lowest BCUT2D eigenvalue weighted by molar-refractivity contribution is -0.138. The van der Waals surface area contributed by atoms with Gasteiger partial charge in [0.25, 0.3) is 11.5 Å². The van der Waals surface area contributed by atoms with Crippen molar-refractivity contribution < 1.29 is 28.5 Å². The summed E-state index contributed by atoms with van der Waals surface area (Å²) in [6.45, 7) is 1.62. The zero-order valence-electron chi connectivity index (χ0n) is 23.7. The number of nitrogens with two attached hydrogens (primary N) is 1. The molecule has 3 aromatic carbocycles. The average molecular weight is 600 g/mol. The van der Waals surface area contributed by atoms with Crippen molar-refractivity contribution in [2.45, 2.75) is 13.0 Å². The van der Waals surface area contributed by atoms with Crippen LogP contribution in [0.15, 0.2) is 88.2 Å². The number of amides is 1. The summed E-state index contributed by atoms with van der Waals surface area (Å²) < 4.78 is 24.0. The molecule has 2 heterocycles. The number of carbonyl (C=O) groups excluding carboxylic acids is 2. The first-order chi connectivity index (χ1) is 20.8. The van der Waals surface area contributed by atoms with Gasteiger partial charge < -0.3 is 24.7 Å². The van der Waals surface area contributed by atoms with Crippen LogP contribution in [0.5, 0.6) is 17.2 Å². The minimum Gasteiger partial charge on any atom is -0.497 e. The molecular formula is C32H29N3O7S. The number of hydrogen-bond donors (Lipinski definition) is 1. The molecule has 1 aliphatic heterocycles. The molecule has 1 aliphatic rings. The Morgan fingerprint density at radius 3 is 2.37 bits per heavy atom. The average Bonchev–Trinajstić information content (AvgIpc) is 3.34. The van der Waals surface area contributed by atoms with E-state index in [4.69, 9.17) is 29.7 Å². The zero-order chi connectivity index (χ0) is 30.5. The Morgan fingerprint density at radius 2 is 1.72 bits per heavy atom. The number of methoxy groups -OCH3 is 2. The molecule has 4 aromatic rings. The number of primary amides is 1. The van der Waals surface area contributed by atoms with E-state index in [-0.39, 0.29) is 24.3 Å². The molecule has 220 valence electrons. The van der Waals surface area contributed by atoms with E-state index < -0.39 is 17.9 Å². The largest absolute Gasteiger partial charge is 0.497 e. The van der Waals surface area contributed by atoms with E-state index in [1.165, 1.54) is 23.0 Å². The first-order valence-electron chi connectivity index (χ1n) is 13.4. The Kier molecular flexibility index (Phi) is 8.72. The fraction of sp³-hybridized carbons (Fsp3) is 0.188. The molecule has 43 heavy (non-hydrogen) atoms. The fourth-order valence-corrected chi connectivity index (χ4v) is 5.75. The number of aromatic nitrogens is 1. The lowest BCUT2D eigenvalue weighted by Gasteiger charge is -2.27. The molecule has 0 fully saturated rings. The first kappa shape index (κ1) is 29.3. The summed E-state index contributed by atoms with van der Waals surface area (Å²) in [4.78, 5) is 44.1. The van der Waals surface area contributed by atoms with Gasteiger partial charge in [-0.2, -0.15) is 0 Å². The van der Waals surface area contributed by atoms with E-state index in [2.05, 4.69) is 0 Å². The fourth-order valence-electron chi connectivity index (χ4n) is 4.75. The monoisotopic (exact) mass is 599 g/mol. The number of thiazole rings is 1. The van der Waals surface area contributed by atoms with Crippen LogP contribution in [0.2, 0.25) is 0 Å². The van der Waals surface area contributed by atoms with Crippen molar-refractivity contribution in [1.29, 1.82) is 0 Å². The second-order valence-corrected chi connectivity index (χ2v) is 10.4. The van der Waals surface area contributed by atoms with Crippen LogP contribution in [0.25, 0.3) is 11.8 Å². The summed E-state index contributed by atoms with van der Waals surface area (Å²) in [6, 6.07) is 20.5. The van der Waals surface area contributed by atoms with Crippen molar-refractivity contribution >= 4 is 35.0 Å². The van der Waals surface area contributed by atoms with Gasteiger partial charge >= 0.3 is 5.97 Å². The predicted octanol–water partition coefficient (Wildman–Crippen LogP) is 2.82. The number of benzene rings is 3. The quantitative estimate of drug-likeness (QED) is 0.277. The maximum Gasteiger partial charge on any atom is 0.338 e. The standard InChI is InChI=1S/C32H29N3O7S/c1-4-41-31(38)27-28(20-8-6-5-7-9-20)34-32-35(29(27)23-17-22(39-2)14-15-24(23)40-3)30(37)25(43-32)16-19-10-12-21(13-11-19)42-18-26(33)36/h5-17,29H,4,18H2,1-3H3,(H2,33,36). The number of rotatable bonds is 10. The van der Waals surface area contributed by atoms with Gasteiger partial charge in [0.2, 0.25) is 0 Å². The molecule has 0 aliphatic carbocycles. The minimum atomic E-state index is -0.928. The number of fused-ring (bicyclic) bond motifs is 1. The van der Waals surface area contributed by atoms with E-state index in [0.29, 0.717) is 43.4 Å². The summed E-state index contributed by atoms with van der Waals surface area (Å²) in [6.07, 6.45) is 1.73. The van der Waals surface area contributed by atoms with Crippen LogP contribution in [0.3, 0.4) is 0 Å². The minimum absolute atomic E-state index is 0.135. The molecule has 2 N–H and O–H groups in total. The van der Waals surface area contributed by atoms with Crippen molar-refractivity contribution in [2.24, 2.45) is 10.7 Å². The highest BCUT2D eigenvalue weighted by Crippen LogP contribution is 2.40. The first-order valence-corrected chi connectivity index (χ1v) is 14.2. The van der Waals surface area contributed by atoms with Crippen molar-refractivity contribution in [1.82, 2.24) is 4.57 Å². The predicted molar refractivity (Wildman–Crippen MR) is 162 cm³/mol. The Balaban J connectivity index is 1.76. The Labute approximate surface area is 250 Å². The molecule has 11 heteroatoms. The molecule has 1 aromatic heterocycles. The van der Waals surface area contributed by atoms with Crippen LogP contribution in [0.1, 0.15) is 29.7 Å². The lowest BCUT2D eigenvalue weighted by atomic mass is 9.92. The number of nitrogens with zero attached hydrogens (tertiary/aromatic N) is 2. The third kappa shape index (κ3) is 6.07.